The van der Waals surface area contributed by atoms with Crippen molar-refractivity contribution in [3.05, 3.63) is 36.4 Å². The lowest BCUT2D eigenvalue weighted by molar-refractivity contribution is -0.142. The first-order chi connectivity index (χ1) is 13.8. The number of unbranched alkanes of at least 4 members (excludes halogenated alkanes) is 1. The number of fused-ring (bicyclic) bond motifs is 1. The Balaban J connectivity index is 2.36. The van der Waals surface area contributed by atoms with E-state index in [1.54, 1.807) is 7.11 Å². The van der Waals surface area contributed by atoms with Crippen LogP contribution in [-0.4, -0.2) is 25.2 Å². The number of hydrogen-bond donors (Lipinski definition) is 1. The largest absolute Gasteiger partial charge is 0.493 e. The van der Waals surface area contributed by atoms with Crippen LogP contribution >= 0.6 is 0 Å². The van der Waals surface area contributed by atoms with Gasteiger partial charge in [-0.15, -0.1) is 0 Å². The van der Waals surface area contributed by atoms with Crippen molar-refractivity contribution in [1.29, 1.82) is 0 Å². The fourth-order valence-electron chi connectivity index (χ4n) is 3.92. The summed E-state index contributed by atoms with van der Waals surface area (Å²) in [6.07, 6.45) is 3.48. The fraction of sp³-hybridized carbons (Fsp3) is 0.560. The van der Waals surface area contributed by atoms with E-state index < -0.39 is 5.60 Å². The van der Waals surface area contributed by atoms with Crippen molar-refractivity contribution < 1.29 is 14.3 Å². The molecule has 0 atom stereocenters. The zero-order valence-corrected chi connectivity index (χ0v) is 18.9. The van der Waals surface area contributed by atoms with E-state index in [0.29, 0.717) is 31.3 Å². The molecular weight excluding hydrogens is 362 g/mol. The summed E-state index contributed by atoms with van der Waals surface area (Å²) in [5.74, 6) is 1.48. The summed E-state index contributed by atoms with van der Waals surface area (Å²) in [5.41, 5.74) is -0.0397. The third-order valence-corrected chi connectivity index (χ3v) is 5.17. The summed E-state index contributed by atoms with van der Waals surface area (Å²) < 4.78 is 11.8. The lowest BCUT2D eigenvalue weighted by Crippen LogP contribution is -2.47. The predicted octanol–water partition coefficient (Wildman–Crippen LogP) is 6.43. The Labute approximate surface area is 176 Å². The van der Waals surface area contributed by atoms with Gasteiger partial charge in [0.2, 0.25) is 0 Å². The summed E-state index contributed by atoms with van der Waals surface area (Å²) in [6.45, 7) is 11.3. The van der Waals surface area contributed by atoms with Crippen LogP contribution in [0.2, 0.25) is 0 Å². The predicted molar refractivity (Wildman–Crippen MR) is 122 cm³/mol. The SMILES string of the molecule is CCCCOc1ccc(NC(=O)C(CC(C)C)(CC(C)C)OC)c2ccccc12. The molecule has 2 rings (SSSR count). The third kappa shape index (κ3) is 5.96. The molecule has 0 spiro atoms. The molecule has 0 heterocycles. The standard InChI is InChI=1S/C25H37NO3/c1-7-8-15-29-23-14-13-22(20-11-9-10-12-21(20)23)26-24(27)25(28-6,16-18(2)3)17-19(4)5/h9-14,18-19H,7-8,15-17H2,1-6H3,(H,26,27). The quantitative estimate of drug-likeness (QED) is 0.443. The summed E-state index contributed by atoms with van der Waals surface area (Å²) in [6, 6.07) is 11.9. The molecule has 0 fully saturated rings. The van der Waals surface area contributed by atoms with Crippen molar-refractivity contribution in [2.24, 2.45) is 11.8 Å². The normalized spacial score (nSPS) is 12.0. The summed E-state index contributed by atoms with van der Waals surface area (Å²) in [5, 5.41) is 5.15. The summed E-state index contributed by atoms with van der Waals surface area (Å²) >= 11 is 0. The minimum absolute atomic E-state index is 0.0767. The number of rotatable bonds is 11. The van der Waals surface area contributed by atoms with E-state index >= 15 is 0 Å². The highest BCUT2D eigenvalue weighted by molar-refractivity contribution is 6.06. The fourth-order valence-corrected chi connectivity index (χ4v) is 3.92. The maximum atomic E-state index is 13.4. The number of hydrogen-bond acceptors (Lipinski definition) is 3. The van der Waals surface area contributed by atoms with Gasteiger partial charge in [0.15, 0.2) is 0 Å². The molecule has 0 bridgehead atoms. The molecule has 4 nitrogen and oxygen atoms in total. The molecule has 29 heavy (non-hydrogen) atoms. The number of carbonyl (C=O) groups is 1. The van der Waals surface area contributed by atoms with Crippen LogP contribution in [0.25, 0.3) is 10.8 Å². The van der Waals surface area contributed by atoms with Crippen LogP contribution in [0.5, 0.6) is 5.75 Å². The van der Waals surface area contributed by atoms with Gasteiger partial charge in [0, 0.05) is 23.6 Å². The van der Waals surface area contributed by atoms with Gasteiger partial charge in [-0.2, -0.15) is 0 Å². The molecule has 2 aromatic rings. The Morgan fingerprint density at radius 3 is 2.17 bits per heavy atom. The second-order valence-electron chi connectivity index (χ2n) is 8.71. The zero-order chi connectivity index (χ0) is 21.4. The zero-order valence-electron chi connectivity index (χ0n) is 18.9. The average molecular weight is 400 g/mol. The topological polar surface area (TPSA) is 47.6 Å². The van der Waals surface area contributed by atoms with Crippen molar-refractivity contribution in [2.75, 3.05) is 19.0 Å². The highest BCUT2D eigenvalue weighted by atomic mass is 16.5. The second kappa shape index (κ2) is 10.6. The Kier molecular flexibility index (Phi) is 8.51. The maximum Gasteiger partial charge on any atom is 0.256 e. The van der Waals surface area contributed by atoms with Gasteiger partial charge in [-0.3, -0.25) is 4.79 Å². The van der Waals surface area contributed by atoms with Crippen LogP contribution in [-0.2, 0) is 9.53 Å². The van der Waals surface area contributed by atoms with Crippen LogP contribution in [0.15, 0.2) is 36.4 Å². The third-order valence-electron chi connectivity index (χ3n) is 5.17. The number of anilines is 1. The van der Waals surface area contributed by atoms with Crippen molar-refractivity contribution in [3.63, 3.8) is 0 Å². The van der Waals surface area contributed by atoms with E-state index in [1.807, 2.05) is 36.4 Å². The number of nitrogens with one attached hydrogen (secondary N) is 1. The molecule has 0 aliphatic carbocycles. The van der Waals surface area contributed by atoms with Crippen molar-refractivity contribution in [3.8, 4) is 5.75 Å². The van der Waals surface area contributed by atoms with E-state index in [9.17, 15) is 4.79 Å². The van der Waals surface area contributed by atoms with Gasteiger partial charge < -0.3 is 14.8 Å². The molecule has 0 aliphatic heterocycles. The number of benzene rings is 2. The van der Waals surface area contributed by atoms with Crippen LogP contribution in [0, 0.1) is 11.8 Å². The van der Waals surface area contributed by atoms with Crippen molar-refractivity contribution in [2.45, 2.75) is 65.9 Å². The monoisotopic (exact) mass is 399 g/mol. The first-order valence-corrected chi connectivity index (χ1v) is 10.8. The summed E-state index contributed by atoms with van der Waals surface area (Å²) in [7, 11) is 1.65. The Morgan fingerprint density at radius 2 is 1.62 bits per heavy atom. The van der Waals surface area contributed by atoms with Crippen LogP contribution in [0.4, 0.5) is 5.69 Å². The van der Waals surface area contributed by atoms with Gasteiger partial charge in [0.25, 0.3) is 5.91 Å². The van der Waals surface area contributed by atoms with Gasteiger partial charge in [0.05, 0.1) is 6.61 Å². The van der Waals surface area contributed by atoms with E-state index in [2.05, 4.69) is 39.9 Å². The first kappa shape index (κ1) is 23.2. The van der Waals surface area contributed by atoms with Crippen molar-refractivity contribution >= 4 is 22.4 Å². The molecule has 0 radical (unpaired) electrons. The van der Waals surface area contributed by atoms with E-state index in [4.69, 9.17) is 9.47 Å². The number of amides is 1. The smallest absolute Gasteiger partial charge is 0.256 e. The molecule has 1 N–H and O–H groups in total. The Morgan fingerprint density at radius 1 is 1.00 bits per heavy atom. The lowest BCUT2D eigenvalue weighted by Gasteiger charge is -2.34. The number of methoxy groups -OCH3 is 1. The molecule has 1 amide bonds. The van der Waals surface area contributed by atoms with Gasteiger partial charge in [-0.05, 0) is 43.2 Å². The molecule has 0 unspecified atom stereocenters. The highest BCUT2D eigenvalue weighted by Gasteiger charge is 2.40. The van der Waals surface area contributed by atoms with Gasteiger partial charge >= 0.3 is 0 Å². The molecule has 4 heteroatoms. The molecule has 2 aromatic carbocycles. The minimum atomic E-state index is -0.834. The molecule has 160 valence electrons. The second-order valence-corrected chi connectivity index (χ2v) is 8.71. The molecule has 0 saturated heterocycles. The Hall–Kier alpha value is -2.07. The lowest BCUT2D eigenvalue weighted by atomic mass is 9.84. The van der Waals surface area contributed by atoms with Crippen LogP contribution < -0.4 is 10.1 Å². The molecular formula is C25H37NO3. The maximum absolute atomic E-state index is 13.4. The van der Waals surface area contributed by atoms with E-state index in [0.717, 1.165) is 35.1 Å². The Bertz CT molecular complexity index is 788. The molecule has 0 aliphatic rings. The van der Waals surface area contributed by atoms with E-state index in [-0.39, 0.29) is 5.91 Å². The van der Waals surface area contributed by atoms with Crippen LogP contribution in [0.1, 0.15) is 60.3 Å². The van der Waals surface area contributed by atoms with Gasteiger partial charge in [-0.1, -0.05) is 65.3 Å². The molecule has 0 aromatic heterocycles. The van der Waals surface area contributed by atoms with Crippen molar-refractivity contribution in [1.82, 2.24) is 0 Å². The minimum Gasteiger partial charge on any atom is -0.493 e. The average Bonchev–Trinajstić information content (AvgIpc) is 2.68. The van der Waals surface area contributed by atoms with Crippen LogP contribution in [0.3, 0.4) is 0 Å². The van der Waals surface area contributed by atoms with Gasteiger partial charge in [-0.25, -0.2) is 0 Å². The highest BCUT2D eigenvalue weighted by Crippen LogP contribution is 2.34. The van der Waals surface area contributed by atoms with E-state index in [1.165, 1.54) is 0 Å². The first-order valence-electron chi connectivity index (χ1n) is 10.8. The van der Waals surface area contributed by atoms with Gasteiger partial charge in [0.1, 0.15) is 11.4 Å². The summed E-state index contributed by atoms with van der Waals surface area (Å²) in [4.78, 5) is 13.4. The number of carbonyl (C=O) groups excluding carboxylic acids is 1. The number of ether oxygens (including phenoxy) is 2. The molecule has 0 saturated carbocycles.